The molecule has 2 rings (SSSR count). The van der Waals surface area contributed by atoms with E-state index in [4.69, 9.17) is 9.47 Å². The van der Waals surface area contributed by atoms with Crippen LogP contribution in [0.3, 0.4) is 0 Å². The third kappa shape index (κ3) is 3.73. The number of nitrogens with one attached hydrogen (secondary N) is 1. The molecule has 0 atom stereocenters. The van der Waals surface area contributed by atoms with Crippen LogP contribution in [0, 0.1) is 11.2 Å². The fourth-order valence-electron chi connectivity index (χ4n) is 2.54. The first-order valence-electron chi connectivity index (χ1n) is 7.30. The van der Waals surface area contributed by atoms with Gasteiger partial charge in [-0.05, 0) is 38.0 Å². The fourth-order valence-corrected chi connectivity index (χ4v) is 2.54. The van der Waals surface area contributed by atoms with Crippen LogP contribution < -0.4 is 10.1 Å². The highest BCUT2D eigenvalue weighted by Gasteiger charge is 2.37. The molecule has 4 nitrogen and oxygen atoms in total. The van der Waals surface area contributed by atoms with Crippen LogP contribution >= 0.6 is 0 Å². The van der Waals surface area contributed by atoms with E-state index < -0.39 is 5.82 Å². The molecule has 1 aromatic rings. The van der Waals surface area contributed by atoms with E-state index in [0.29, 0.717) is 25.3 Å². The standard InChI is InChI=1S/C16H22FNO3/c1-3-21-11-16(7-4-8-16)10-18-15(19)12-5-6-13(17)14(9-12)20-2/h5-6,9H,3-4,7-8,10-11H2,1-2H3,(H,18,19). The average Bonchev–Trinajstić information content (AvgIpc) is 2.46. The number of halogens is 1. The Morgan fingerprint density at radius 1 is 1.43 bits per heavy atom. The molecule has 0 heterocycles. The van der Waals surface area contributed by atoms with Gasteiger partial charge in [0, 0.05) is 24.1 Å². The van der Waals surface area contributed by atoms with Crippen molar-refractivity contribution >= 4 is 5.91 Å². The first kappa shape index (κ1) is 15.8. The molecule has 0 unspecified atom stereocenters. The molecule has 1 saturated carbocycles. The number of amides is 1. The molecule has 0 radical (unpaired) electrons. The Morgan fingerprint density at radius 2 is 2.19 bits per heavy atom. The summed E-state index contributed by atoms with van der Waals surface area (Å²) >= 11 is 0. The van der Waals surface area contributed by atoms with E-state index in [1.165, 1.54) is 31.7 Å². The fraction of sp³-hybridized carbons (Fsp3) is 0.562. The van der Waals surface area contributed by atoms with Gasteiger partial charge in [0.1, 0.15) is 0 Å². The topological polar surface area (TPSA) is 47.6 Å². The van der Waals surface area contributed by atoms with Crippen molar-refractivity contribution in [2.24, 2.45) is 5.41 Å². The molecule has 21 heavy (non-hydrogen) atoms. The van der Waals surface area contributed by atoms with Crippen LogP contribution in [0.15, 0.2) is 18.2 Å². The van der Waals surface area contributed by atoms with Crippen LogP contribution in [0.4, 0.5) is 4.39 Å². The number of rotatable bonds is 7. The summed E-state index contributed by atoms with van der Waals surface area (Å²) in [6.07, 6.45) is 3.31. The number of benzene rings is 1. The first-order valence-corrected chi connectivity index (χ1v) is 7.30. The smallest absolute Gasteiger partial charge is 0.251 e. The molecule has 1 aromatic carbocycles. The lowest BCUT2D eigenvalue weighted by Gasteiger charge is -2.41. The number of hydrogen-bond donors (Lipinski definition) is 1. The zero-order valence-electron chi connectivity index (χ0n) is 12.6. The molecule has 1 aliphatic rings. The molecule has 0 bridgehead atoms. The minimum atomic E-state index is -0.471. The molecule has 116 valence electrons. The maximum Gasteiger partial charge on any atom is 0.251 e. The van der Waals surface area contributed by atoms with Gasteiger partial charge in [-0.25, -0.2) is 4.39 Å². The van der Waals surface area contributed by atoms with Crippen LogP contribution in [-0.4, -0.2) is 32.8 Å². The minimum absolute atomic E-state index is 0.0653. The van der Waals surface area contributed by atoms with Crippen molar-refractivity contribution in [1.29, 1.82) is 0 Å². The van der Waals surface area contributed by atoms with Gasteiger partial charge >= 0.3 is 0 Å². The molecule has 1 N–H and O–H groups in total. The second kappa shape index (κ2) is 6.89. The van der Waals surface area contributed by atoms with Crippen molar-refractivity contribution in [3.8, 4) is 5.75 Å². The number of carbonyl (C=O) groups is 1. The van der Waals surface area contributed by atoms with Crippen molar-refractivity contribution in [3.05, 3.63) is 29.6 Å². The summed E-state index contributed by atoms with van der Waals surface area (Å²) in [5.74, 6) is -0.604. The molecule has 0 aliphatic heterocycles. The van der Waals surface area contributed by atoms with E-state index in [1.807, 2.05) is 6.92 Å². The summed E-state index contributed by atoms with van der Waals surface area (Å²) in [5.41, 5.74) is 0.467. The lowest BCUT2D eigenvalue weighted by Crippen LogP contribution is -2.45. The Hall–Kier alpha value is -1.62. The predicted molar refractivity (Wildman–Crippen MR) is 78.1 cm³/mol. The zero-order chi connectivity index (χ0) is 15.3. The molecule has 1 aliphatic carbocycles. The van der Waals surface area contributed by atoms with Gasteiger partial charge in [-0.15, -0.1) is 0 Å². The molecule has 0 saturated heterocycles. The van der Waals surface area contributed by atoms with Crippen molar-refractivity contribution < 1.29 is 18.7 Å². The highest BCUT2D eigenvalue weighted by Crippen LogP contribution is 2.40. The second-order valence-electron chi connectivity index (χ2n) is 5.52. The number of hydrogen-bond acceptors (Lipinski definition) is 3. The Kier molecular flexibility index (Phi) is 5.17. The van der Waals surface area contributed by atoms with Gasteiger partial charge < -0.3 is 14.8 Å². The zero-order valence-corrected chi connectivity index (χ0v) is 12.6. The summed E-state index contributed by atoms with van der Waals surface area (Å²) < 4.78 is 23.7. The summed E-state index contributed by atoms with van der Waals surface area (Å²) in [6, 6.07) is 4.12. The van der Waals surface area contributed by atoms with Gasteiger partial charge in [0.2, 0.25) is 0 Å². The molecule has 1 fully saturated rings. The molecule has 0 aromatic heterocycles. The largest absolute Gasteiger partial charge is 0.494 e. The van der Waals surface area contributed by atoms with Crippen LogP contribution in [0.25, 0.3) is 0 Å². The van der Waals surface area contributed by atoms with Gasteiger partial charge in [0.05, 0.1) is 13.7 Å². The lowest BCUT2D eigenvalue weighted by molar-refractivity contribution is -0.000184. The maximum atomic E-state index is 13.3. The van der Waals surface area contributed by atoms with Gasteiger partial charge in [-0.2, -0.15) is 0 Å². The van der Waals surface area contributed by atoms with Crippen molar-refractivity contribution in [2.75, 3.05) is 26.9 Å². The molecular weight excluding hydrogens is 273 g/mol. The van der Waals surface area contributed by atoms with Crippen molar-refractivity contribution in [1.82, 2.24) is 5.32 Å². The Balaban J connectivity index is 1.95. The van der Waals surface area contributed by atoms with Gasteiger partial charge in [-0.3, -0.25) is 4.79 Å². The number of methoxy groups -OCH3 is 1. The summed E-state index contributed by atoms with van der Waals surface area (Å²) in [4.78, 5) is 12.2. The summed E-state index contributed by atoms with van der Waals surface area (Å²) in [5, 5.41) is 2.92. The Bertz CT molecular complexity index is 500. The SMILES string of the molecule is CCOCC1(CNC(=O)c2ccc(F)c(OC)c2)CCC1. The lowest BCUT2D eigenvalue weighted by atomic mass is 9.69. The highest BCUT2D eigenvalue weighted by molar-refractivity contribution is 5.94. The van der Waals surface area contributed by atoms with Gasteiger partial charge in [-0.1, -0.05) is 6.42 Å². The van der Waals surface area contributed by atoms with Crippen molar-refractivity contribution in [2.45, 2.75) is 26.2 Å². The monoisotopic (exact) mass is 295 g/mol. The van der Waals surface area contributed by atoms with Gasteiger partial charge in [0.25, 0.3) is 5.91 Å². The van der Waals surface area contributed by atoms with E-state index in [0.717, 1.165) is 12.8 Å². The van der Waals surface area contributed by atoms with Crippen LogP contribution in [0.2, 0.25) is 0 Å². The number of ether oxygens (including phenoxy) is 2. The summed E-state index contributed by atoms with van der Waals surface area (Å²) in [6.45, 7) is 3.92. The van der Waals surface area contributed by atoms with E-state index >= 15 is 0 Å². The molecule has 5 heteroatoms. The van der Waals surface area contributed by atoms with E-state index in [-0.39, 0.29) is 17.1 Å². The highest BCUT2D eigenvalue weighted by atomic mass is 19.1. The summed E-state index contributed by atoms with van der Waals surface area (Å²) in [7, 11) is 1.38. The Morgan fingerprint density at radius 3 is 2.76 bits per heavy atom. The normalized spacial score (nSPS) is 16.1. The second-order valence-corrected chi connectivity index (χ2v) is 5.52. The molecular formula is C16H22FNO3. The minimum Gasteiger partial charge on any atom is -0.494 e. The average molecular weight is 295 g/mol. The maximum absolute atomic E-state index is 13.3. The van der Waals surface area contributed by atoms with Crippen molar-refractivity contribution in [3.63, 3.8) is 0 Å². The van der Waals surface area contributed by atoms with E-state index in [1.54, 1.807) is 0 Å². The van der Waals surface area contributed by atoms with Gasteiger partial charge in [0.15, 0.2) is 11.6 Å². The van der Waals surface area contributed by atoms with E-state index in [2.05, 4.69) is 5.32 Å². The van der Waals surface area contributed by atoms with E-state index in [9.17, 15) is 9.18 Å². The predicted octanol–water partition coefficient (Wildman–Crippen LogP) is 2.77. The molecule has 1 amide bonds. The quantitative estimate of drug-likeness (QED) is 0.841. The first-order chi connectivity index (χ1) is 10.1. The number of carbonyl (C=O) groups excluding carboxylic acids is 1. The van der Waals surface area contributed by atoms with Crippen LogP contribution in [-0.2, 0) is 4.74 Å². The van der Waals surface area contributed by atoms with Crippen LogP contribution in [0.5, 0.6) is 5.75 Å². The third-order valence-electron chi connectivity index (χ3n) is 4.06. The Labute approximate surface area is 124 Å². The third-order valence-corrected chi connectivity index (χ3v) is 4.06. The van der Waals surface area contributed by atoms with Crippen LogP contribution in [0.1, 0.15) is 36.5 Å². The molecule has 0 spiro atoms.